The van der Waals surface area contributed by atoms with E-state index in [2.05, 4.69) is 25.7 Å². The molecule has 0 aliphatic heterocycles. The lowest BCUT2D eigenvalue weighted by Crippen LogP contribution is -2.31. The second-order valence-electron chi connectivity index (χ2n) is 4.66. The van der Waals surface area contributed by atoms with Crippen LogP contribution in [0.15, 0.2) is 12.1 Å². The highest BCUT2D eigenvalue weighted by atomic mass is 16.1. The van der Waals surface area contributed by atoms with E-state index in [1.807, 2.05) is 27.9 Å². The molecule has 1 heterocycles. The van der Waals surface area contributed by atoms with Crippen molar-refractivity contribution in [3.63, 3.8) is 0 Å². The van der Waals surface area contributed by atoms with Crippen LogP contribution in [-0.4, -0.2) is 54.2 Å². The van der Waals surface area contributed by atoms with Crippen molar-refractivity contribution >= 4 is 11.7 Å². The number of hydrogen-bond acceptors (Lipinski definition) is 5. The molecule has 100 valence electrons. The Balaban J connectivity index is 2.49. The first-order valence-corrected chi connectivity index (χ1v) is 6.02. The minimum absolute atomic E-state index is 0.0946. The Hall–Kier alpha value is -1.69. The molecule has 0 aliphatic rings. The van der Waals surface area contributed by atoms with E-state index in [0.717, 1.165) is 13.1 Å². The van der Waals surface area contributed by atoms with E-state index in [9.17, 15) is 4.79 Å². The Morgan fingerprint density at radius 3 is 2.56 bits per heavy atom. The lowest BCUT2D eigenvalue weighted by atomic mass is 10.3. The first kappa shape index (κ1) is 14.4. The van der Waals surface area contributed by atoms with E-state index in [4.69, 9.17) is 0 Å². The fourth-order valence-corrected chi connectivity index (χ4v) is 1.29. The standard InChI is InChI=1S/C12H21N5O/c1-9(2)14-12(18)10-5-6-11(16-15-10)13-7-8-17(3)4/h5-6,9H,7-8H2,1-4H3,(H,13,16)(H,14,18). The van der Waals surface area contributed by atoms with E-state index >= 15 is 0 Å². The lowest BCUT2D eigenvalue weighted by Gasteiger charge is -2.10. The van der Waals surface area contributed by atoms with Gasteiger partial charge in [-0.05, 0) is 40.1 Å². The normalized spacial score (nSPS) is 10.8. The van der Waals surface area contributed by atoms with Crippen molar-refractivity contribution in [1.82, 2.24) is 20.4 Å². The first-order valence-electron chi connectivity index (χ1n) is 6.02. The summed E-state index contributed by atoms with van der Waals surface area (Å²) in [7, 11) is 4.01. The zero-order valence-electron chi connectivity index (χ0n) is 11.4. The predicted molar refractivity (Wildman–Crippen MR) is 71.7 cm³/mol. The van der Waals surface area contributed by atoms with Gasteiger partial charge in [0.05, 0.1) is 0 Å². The van der Waals surface area contributed by atoms with Crippen LogP contribution in [0.5, 0.6) is 0 Å². The van der Waals surface area contributed by atoms with Gasteiger partial charge in [-0.3, -0.25) is 4.79 Å². The Morgan fingerprint density at radius 1 is 1.33 bits per heavy atom. The van der Waals surface area contributed by atoms with Gasteiger partial charge in [-0.15, -0.1) is 10.2 Å². The maximum Gasteiger partial charge on any atom is 0.271 e. The lowest BCUT2D eigenvalue weighted by molar-refractivity contribution is 0.0937. The van der Waals surface area contributed by atoms with Gasteiger partial charge in [0.1, 0.15) is 5.82 Å². The van der Waals surface area contributed by atoms with E-state index in [1.54, 1.807) is 12.1 Å². The Morgan fingerprint density at radius 2 is 2.06 bits per heavy atom. The molecule has 18 heavy (non-hydrogen) atoms. The molecular weight excluding hydrogens is 230 g/mol. The molecule has 6 heteroatoms. The molecule has 6 nitrogen and oxygen atoms in total. The highest BCUT2D eigenvalue weighted by molar-refractivity contribution is 5.92. The number of nitrogens with one attached hydrogen (secondary N) is 2. The highest BCUT2D eigenvalue weighted by Gasteiger charge is 2.08. The number of nitrogens with zero attached hydrogens (tertiary/aromatic N) is 3. The summed E-state index contributed by atoms with van der Waals surface area (Å²) < 4.78 is 0. The maximum atomic E-state index is 11.6. The smallest absolute Gasteiger partial charge is 0.271 e. The third-order valence-electron chi connectivity index (χ3n) is 2.18. The van der Waals surface area contributed by atoms with Crippen LogP contribution in [0, 0.1) is 0 Å². The van der Waals surface area contributed by atoms with Gasteiger partial charge in [0.15, 0.2) is 5.69 Å². The van der Waals surface area contributed by atoms with Gasteiger partial charge >= 0.3 is 0 Å². The van der Waals surface area contributed by atoms with E-state index in [0.29, 0.717) is 11.5 Å². The van der Waals surface area contributed by atoms with Crippen LogP contribution >= 0.6 is 0 Å². The molecule has 0 spiro atoms. The summed E-state index contributed by atoms with van der Waals surface area (Å²) in [4.78, 5) is 13.7. The van der Waals surface area contributed by atoms with Crippen LogP contribution in [-0.2, 0) is 0 Å². The summed E-state index contributed by atoms with van der Waals surface area (Å²) in [5.41, 5.74) is 0.335. The third-order valence-corrected chi connectivity index (χ3v) is 2.18. The maximum absolute atomic E-state index is 11.6. The fourth-order valence-electron chi connectivity index (χ4n) is 1.29. The second kappa shape index (κ2) is 6.90. The Labute approximate surface area is 108 Å². The molecule has 1 aromatic heterocycles. The molecular formula is C12H21N5O. The number of carbonyl (C=O) groups excluding carboxylic acids is 1. The SMILES string of the molecule is CC(C)NC(=O)c1ccc(NCCN(C)C)nn1. The summed E-state index contributed by atoms with van der Waals surface area (Å²) in [5.74, 6) is 0.482. The van der Waals surface area contributed by atoms with Crippen LogP contribution < -0.4 is 10.6 Å². The van der Waals surface area contributed by atoms with Crippen molar-refractivity contribution in [2.24, 2.45) is 0 Å². The second-order valence-corrected chi connectivity index (χ2v) is 4.66. The predicted octanol–water partition coefficient (Wildman–Crippen LogP) is 0.588. The van der Waals surface area contributed by atoms with Gasteiger partial charge < -0.3 is 15.5 Å². The number of rotatable bonds is 6. The van der Waals surface area contributed by atoms with Crippen LogP contribution in [0.4, 0.5) is 5.82 Å². The molecule has 1 rings (SSSR count). The number of carbonyl (C=O) groups is 1. The van der Waals surface area contributed by atoms with Gasteiger partial charge in [-0.1, -0.05) is 0 Å². The third kappa shape index (κ3) is 5.09. The van der Waals surface area contributed by atoms with Crippen LogP contribution in [0.2, 0.25) is 0 Å². The van der Waals surface area contributed by atoms with Crippen LogP contribution in [0.1, 0.15) is 24.3 Å². The summed E-state index contributed by atoms with van der Waals surface area (Å²) in [6, 6.07) is 3.53. The molecule has 1 aromatic rings. The quantitative estimate of drug-likeness (QED) is 0.774. The van der Waals surface area contributed by atoms with E-state index in [-0.39, 0.29) is 11.9 Å². The molecule has 2 N–H and O–H groups in total. The zero-order chi connectivity index (χ0) is 13.5. The minimum atomic E-state index is -0.197. The van der Waals surface area contributed by atoms with E-state index < -0.39 is 0 Å². The number of anilines is 1. The van der Waals surface area contributed by atoms with Crippen molar-refractivity contribution < 1.29 is 4.79 Å². The van der Waals surface area contributed by atoms with Gasteiger partial charge in [0, 0.05) is 19.1 Å². The summed E-state index contributed by atoms with van der Waals surface area (Å²) in [5, 5.41) is 13.8. The van der Waals surface area contributed by atoms with Crippen molar-refractivity contribution in [2.45, 2.75) is 19.9 Å². The summed E-state index contributed by atoms with van der Waals surface area (Å²) in [6.07, 6.45) is 0. The molecule has 0 atom stereocenters. The van der Waals surface area contributed by atoms with Gasteiger partial charge in [-0.2, -0.15) is 0 Å². The molecule has 0 radical (unpaired) electrons. The molecule has 0 fully saturated rings. The van der Waals surface area contributed by atoms with Gasteiger partial charge in [-0.25, -0.2) is 0 Å². The van der Waals surface area contributed by atoms with Crippen molar-refractivity contribution in [1.29, 1.82) is 0 Å². The minimum Gasteiger partial charge on any atom is -0.367 e. The summed E-state index contributed by atoms with van der Waals surface area (Å²) >= 11 is 0. The number of likely N-dealkylation sites (N-methyl/N-ethyl adjacent to an activating group) is 1. The average molecular weight is 251 g/mol. The Kier molecular flexibility index (Phi) is 5.51. The zero-order valence-corrected chi connectivity index (χ0v) is 11.4. The number of aromatic nitrogens is 2. The van der Waals surface area contributed by atoms with Crippen molar-refractivity contribution in [3.05, 3.63) is 17.8 Å². The molecule has 0 aliphatic carbocycles. The topological polar surface area (TPSA) is 70.2 Å². The van der Waals surface area contributed by atoms with Crippen LogP contribution in [0.25, 0.3) is 0 Å². The number of amides is 1. The number of hydrogen-bond donors (Lipinski definition) is 2. The van der Waals surface area contributed by atoms with Crippen LogP contribution in [0.3, 0.4) is 0 Å². The molecule has 0 saturated carbocycles. The molecule has 0 aromatic carbocycles. The van der Waals surface area contributed by atoms with Gasteiger partial charge in [0.25, 0.3) is 5.91 Å². The summed E-state index contributed by atoms with van der Waals surface area (Å²) in [6.45, 7) is 5.52. The van der Waals surface area contributed by atoms with Crippen molar-refractivity contribution in [3.8, 4) is 0 Å². The molecule has 0 bridgehead atoms. The van der Waals surface area contributed by atoms with E-state index in [1.165, 1.54) is 0 Å². The average Bonchev–Trinajstić information content (AvgIpc) is 2.28. The molecule has 1 amide bonds. The molecule has 0 saturated heterocycles. The largest absolute Gasteiger partial charge is 0.367 e. The Bertz CT molecular complexity index is 375. The fraction of sp³-hybridized carbons (Fsp3) is 0.583. The monoisotopic (exact) mass is 251 g/mol. The van der Waals surface area contributed by atoms with Gasteiger partial charge in [0.2, 0.25) is 0 Å². The van der Waals surface area contributed by atoms with Crippen molar-refractivity contribution in [2.75, 3.05) is 32.5 Å². The highest BCUT2D eigenvalue weighted by Crippen LogP contribution is 2.01. The molecule has 0 unspecified atom stereocenters. The first-order chi connectivity index (χ1) is 8.49.